The van der Waals surface area contributed by atoms with E-state index in [1.54, 1.807) is 6.07 Å². The Hall–Kier alpha value is -0.970. The highest BCUT2D eigenvalue weighted by Crippen LogP contribution is 2.28. The second kappa shape index (κ2) is 5.78. The van der Waals surface area contributed by atoms with Crippen molar-refractivity contribution in [1.82, 2.24) is 0 Å². The Morgan fingerprint density at radius 2 is 2.17 bits per heavy atom. The van der Waals surface area contributed by atoms with Gasteiger partial charge in [-0.05, 0) is 31.2 Å². The van der Waals surface area contributed by atoms with E-state index < -0.39 is 0 Å². The molecule has 1 heterocycles. The third-order valence-electron chi connectivity index (χ3n) is 2.55. The summed E-state index contributed by atoms with van der Waals surface area (Å²) in [5.41, 5.74) is 6.50. The van der Waals surface area contributed by atoms with Crippen LogP contribution < -0.4 is 10.5 Å². The average molecular weight is 331 g/mol. The fraction of sp³-hybridized carbons (Fsp3) is 0.231. The molecule has 3 nitrogen and oxygen atoms in total. The zero-order valence-electron chi connectivity index (χ0n) is 9.87. The van der Waals surface area contributed by atoms with Crippen molar-refractivity contribution in [3.05, 3.63) is 50.8 Å². The van der Waals surface area contributed by atoms with Crippen LogP contribution >= 0.6 is 27.5 Å². The van der Waals surface area contributed by atoms with Gasteiger partial charge >= 0.3 is 0 Å². The van der Waals surface area contributed by atoms with Gasteiger partial charge in [0.2, 0.25) is 0 Å². The quantitative estimate of drug-likeness (QED) is 0.920. The molecule has 0 spiro atoms. The van der Waals surface area contributed by atoms with Crippen molar-refractivity contribution >= 4 is 27.5 Å². The lowest BCUT2D eigenvalue weighted by molar-refractivity contribution is 0.303. The van der Waals surface area contributed by atoms with Crippen LogP contribution in [0, 0.1) is 6.92 Å². The fourth-order valence-electron chi connectivity index (χ4n) is 1.58. The van der Waals surface area contributed by atoms with Crippen LogP contribution in [-0.4, -0.2) is 0 Å². The molecule has 0 fully saturated rings. The summed E-state index contributed by atoms with van der Waals surface area (Å²) < 4.78 is 12.0. The van der Waals surface area contributed by atoms with Crippen molar-refractivity contribution < 1.29 is 9.15 Å². The summed E-state index contributed by atoms with van der Waals surface area (Å²) in [6, 6.07) is 7.41. The third-order valence-corrected chi connectivity index (χ3v) is 3.34. The molecule has 2 aromatic rings. The Labute approximate surface area is 119 Å². The summed E-state index contributed by atoms with van der Waals surface area (Å²) >= 11 is 9.42. The maximum absolute atomic E-state index is 6.07. The molecule has 96 valence electrons. The van der Waals surface area contributed by atoms with Gasteiger partial charge in [-0.15, -0.1) is 0 Å². The minimum Gasteiger partial charge on any atom is -0.487 e. The lowest BCUT2D eigenvalue weighted by Gasteiger charge is -2.07. The van der Waals surface area contributed by atoms with Crippen molar-refractivity contribution in [2.45, 2.75) is 20.1 Å². The van der Waals surface area contributed by atoms with Gasteiger partial charge in [0.15, 0.2) is 0 Å². The summed E-state index contributed by atoms with van der Waals surface area (Å²) in [7, 11) is 0. The van der Waals surface area contributed by atoms with E-state index in [-0.39, 0.29) is 0 Å². The Morgan fingerprint density at radius 1 is 1.39 bits per heavy atom. The van der Waals surface area contributed by atoms with E-state index in [0.717, 1.165) is 21.6 Å². The maximum Gasteiger partial charge on any atom is 0.138 e. The monoisotopic (exact) mass is 329 g/mol. The highest BCUT2D eigenvalue weighted by Gasteiger charge is 2.08. The molecule has 0 aliphatic carbocycles. The molecule has 0 saturated carbocycles. The van der Waals surface area contributed by atoms with Crippen molar-refractivity contribution in [2.75, 3.05) is 0 Å². The van der Waals surface area contributed by atoms with E-state index in [1.807, 2.05) is 25.1 Å². The van der Waals surface area contributed by atoms with Crippen LogP contribution in [-0.2, 0) is 13.2 Å². The zero-order chi connectivity index (χ0) is 13.1. The topological polar surface area (TPSA) is 48.4 Å². The summed E-state index contributed by atoms with van der Waals surface area (Å²) in [6.07, 6.45) is 0. The highest BCUT2D eigenvalue weighted by molar-refractivity contribution is 9.10. The second-order valence-electron chi connectivity index (χ2n) is 3.86. The van der Waals surface area contributed by atoms with Crippen LogP contribution in [0.2, 0.25) is 5.02 Å². The number of benzene rings is 1. The summed E-state index contributed by atoms with van der Waals surface area (Å²) in [5, 5.41) is 0.574. The number of hydrogen-bond acceptors (Lipinski definition) is 3. The van der Waals surface area contributed by atoms with E-state index in [9.17, 15) is 0 Å². The maximum atomic E-state index is 6.07. The van der Waals surface area contributed by atoms with Crippen LogP contribution in [0.1, 0.15) is 17.1 Å². The van der Waals surface area contributed by atoms with E-state index >= 15 is 0 Å². The van der Waals surface area contributed by atoms with Gasteiger partial charge in [0, 0.05) is 10.0 Å². The zero-order valence-corrected chi connectivity index (χ0v) is 12.2. The molecular formula is C13H13BrClNO2. The Balaban J connectivity index is 2.08. The fourth-order valence-corrected chi connectivity index (χ4v) is 2.31. The van der Waals surface area contributed by atoms with Gasteiger partial charge in [-0.2, -0.15) is 0 Å². The number of rotatable bonds is 4. The number of ether oxygens (including phenoxy) is 1. The third kappa shape index (κ3) is 3.07. The normalized spacial score (nSPS) is 10.7. The molecule has 18 heavy (non-hydrogen) atoms. The van der Waals surface area contributed by atoms with Gasteiger partial charge in [-0.1, -0.05) is 27.5 Å². The standard InChI is InChI=1S/C13H13BrClNO2/c1-8-9(4-11(6-16)18-8)7-17-13-3-2-10(14)5-12(13)15/h2-5H,6-7,16H2,1H3. The van der Waals surface area contributed by atoms with E-state index in [2.05, 4.69) is 15.9 Å². The minimum absolute atomic E-state index is 0.389. The minimum atomic E-state index is 0.389. The predicted octanol–water partition coefficient (Wildman–Crippen LogP) is 4.04. The Kier molecular flexibility index (Phi) is 4.32. The molecule has 2 N–H and O–H groups in total. The molecule has 0 atom stereocenters. The molecule has 0 amide bonds. The van der Waals surface area contributed by atoms with Crippen LogP contribution in [0.25, 0.3) is 0 Å². The second-order valence-corrected chi connectivity index (χ2v) is 5.18. The summed E-state index contributed by atoms with van der Waals surface area (Å²) in [4.78, 5) is 0. The first-order chi connectivity index (χ1) is 8.60. The van der Waals surface area contributed by atoms with Crippen LogP contribution in [0.5, 0.6) is 5.75 Å². The van der Waals surface area contributed by atoms with Crippen LogP contribution in [0.3, 0.4) is 0 Å². The number of hydrogen-bond donors (Lipinski definition) is 1. The Morgan fingerprint density at radius 3 is 2.78 bits per heavy atom. The Bertz CT molecular complexity index is 554. The highest BCUT2D eigenvalue weighted by atomic mass is 79.9. The molecular weight excluding hydrogens is 318 g/mol. The molecule has 0 radical (unpaired) electrons. The summed E-state index contributed by atoms with van der Waals surface area (Å²) in [6.45, 7) is 2.69. The van der Waals surface area contributed by atoms with Gasteiger partial charge < -0.3 is 14.9 Å². The first-order valence-electron chi connectivity index (χ1n) is 5.46. The molecule has 0 aliphatic rings. The SMILES string of the molecule is Cc1oc(CN)cc1COc1ccc(Br)cc1Cl. The van der Waals surface area contributed by atoms with E-state index in [4.69, 9.17) is 26.5 Å². The first kappa shape index (κ1) is 13.5. The lowest BCUT2D eigenvalue weighted by atomic mass is 10.2. The van der Waals surface area contributed by atoms with Gasteiger partial charge in [-0.3, -0.25) is 0 Å². The van der Waals surface area contributed by atoms with Crippen LogP contribution in [0.4, 0.5) is 0 Å². The smallest absolute Gasteiger partial charge is 0.138 e. The molecule has 5 heteroatoms. The summed E-state index contributed by atoms with van der Waals surface area (Å²) in [5.74, 6) is 2.23. The number of halogens is 2. The lowest BCUT2D eigenvalue weighted by Crippen LogP contribution is -1.96. The molecule has 0 bridgehead atoms. The van der Waals surface area contributed by atoms with E-state index in [0.29, 0.717) is 23.9 Å². The predicted molar refractivity (Wildman–Crippen MR) is 74.8 cm³/mol. The van der Waals surface area contributed by atoms with Gasteiger partial charge in [0.1, 0.15) is 23.9 Å². The largest absolute Gasteiger partial charge is 0.487 e. The number of aryl methyl sites for hydroxylation is 1. The molecule has 1 aromatic heterocycles. The first-order valence-corrected chi connectivity index (χ1v) is 6.63. The van der Waals surface area contributed by atoms with Crippen molar-refractivity contribution in [3.63, 3.8) is 0 Å². The molecule has 0 aliphatic heterocycles. The van der Waals surface area contributed by atoms with Gasteiger partial charge in [0.05, 0.1) is 11.6 Å². The van der Waals surface area contributed by atoms with Crippen molar-refractivity contribution in [1.29, 1.82) is 0 Å². The molecule has 2 rings (SSSR count). The van der Waals surface area contributed by atoms with Crippen LogP contribution in [0.15, 0.2) is 33.2 Å². The molecule has 0 saturated heterocycles. The number of nitrogens with two attached hydrogens (primary N) is 1. The van der Waals surface area contributed by atoms with Gasteiger partial charge in [0.25, 0.3) is 0 Å². The van der Waals surface area contributed by atoms with Crippen molar-refractivity contribution in [2.24, 2.45) is 5.73 Å². The molecule has 0 unspecified atom stereocenters. The van der Waals surface area contributed by atoms with Crippen molar-refractivity contribution in [3.8, 4) is 5.75 Å². The number of furan rings is 1. The van der Waals surface area contributed by atoms with Gasteiger partial charge in [-0.25, -0.2) is 0 Å². The van der Waals surface area contributed by atoms with E-state index in [1.165, 1.54) is 0 Å². The molecule has 1 aromatic carbocycles. The average Bonchev–Trinajstić information content (AvgIpc) is 2.69.